The van der Waals surface area contributed by atoms with Crippen LogP contribution in [0.15, 0.2) is 103 Å². The van der Waals surface area contributed by atoms with Crippen molar-refractivity contribution < 1.29 is 4.57 Å². The standard InChI is InChI=1S/C24H22NOP/c1-19(21-17-16-20-10-8-9-11-22(20)18-21)25-27(26,23-12-4-2-5-13-23)24-14-6-3-7-15-24/h2-19H,1H3,(H,25,26)/t19-/m1/s1. The van der Waals surface area contributed by atoms with Crippen molar-refractivity contribution in [2.24, 2.45) is 0 Å². The SMILES string of the molecule is C[C@@H](NP(=O)(c1ccccc1)c1ccccc1)c1ccc2ccccc2c1. The van der Waals surface area contributed by atoms with E-state index in [4.69, 9.17) is 0 Å². The van der Waals surface area contributed by atoms with Crippen LogP contribution in [-0.4, -0.2) is 0 Å². The topological polar surface area (TPSA) is 29.1 Å². The van der Waals surface area contributed by atoms with E-state index in [9.17, 15) is 4.57 Å². The summed E-state index contributed by atoms with van der Waals surface area (Å²) in [5, 5.41) is 7.51. The van der Waals surface area contributed by atoms with Crippen LogP contribution in [0.2, 0.25) is 0 Å². The number of hydrogen-bond acceptors (Lipinski definition) is 1. The van der Waals surface area contributed by atoms with E-state index in [1.165, 1.54) is 10.8 Å². The molecule has 27 heavy (non-hydrogen) atoms. The van der Waals surface area contributed by atoms with Gasteiger partial charge in [0.25, 0.3) is 0 Å². The fraction of sp³-hybridized carbons (Fsp3) is 0.0833. The van der Waals surface area contributed by atoms with Crippen molar-refractivity contribution in [3.63, 3.8) is 0 Å². The van der Waals surface area contributed by atoms with Gasteiger partial charge >= 0.3 is 0 Å². The van der Waals surface area contributed by atoms with Crippen LogP contribution in [0.4, 0.5) is 0 Å². The Kier molecular flexibility index (Phi) is 4.94. The predicted octanol–water partition coefficient (Wildman–Crippen LogP) is 5.42. The Morgan fingerprint density at radius 3 is 1.78 bits per heavy atom. The highest BCUT2D eigenvalue weighted by Gasteiger charge is 2.29. The molecule has 0 heterocycles. The summed E-state index contributed by atoms with van der Waals surface area (Å²) >= 11 is 0. The van der Waals surface area contributed by atoms with Crippen LogP contribution in [0.1, 0.15) is 18.5 Å². The summed E-state index contributed by atoms with van der Waals surface area (Å²) in [6.45, 7) is 2.07. The molecule has 3 heteroatoms. The Morgan fingerprint density at radius 2 is 1.19 bits per heavy atom. The molecule has 4 aromatic carbocycles. The minimum absolute atomic E-state index is 0.0548. The zero-order valence-corrected chi connectivity index (χ0v) is 16.1. The van der Waals surface area contributed by atoms with Gasteiger partial charge in [-0.25, -0.2) is 0 Å². The minimum atomic E-state index is -2.96. The summed E-state index contributed by atoms with van der Waals surface area (Å²) in [5.41, 5.74) is 1.13. The normalized spacial score (nSPS) is 12.8. The first-order valence-electron chi connectivity index (χ1n) is 9.14. The fourth-order valence-electron chi connectivity index (χ4n) is 3.40. The third-order valence-electron chi connectivity index (χ3n) is 4.89. The highest BCUT2D eigenvalue weighted by atomic mass is 31.2. The van der Waals surface area contributed by atoms with E-state index in [-0.39, 0.29) is 6.04 Å². The molecule has 4 rings (SSSR count). The molecule has 0 spiro atoms. The van der Waals surface area contributed by atoms with Crippen LogP contribution in [0, 0.1) is 0 Å². The third-order valence-corrected chi connectivity index (χ3v) is 7.69. The van der Waals surface area contributed by atoms with Crippen LogP contribution < -0.4 is 15.7 Å². The molecule has 0 saturated carbocycles. The van der Waals surface area contributed by atoms with Crippen LogP contribution in [0.25, 0.3) is 10.8 Å². The molecule has 0 bridgehead atoms. The summed E-state index contributed by atoms with van der Waals surface area (Å²) in [5.74, 6) is 0. The van der Waals surface area contributed by atoms with E-state index in [1.54, 1.807) is 0 Å². The number of hydrogen-bond donors (Lipinski definition) is 1. The maximum Gasteiger partial charge on any atom is 0.205 e. The molecule has 0 aromatic heterocycles. The van der Waals surface area contributed by atoms with E-state index in [0.29, 0.717) is 0 Å². The molecular formula is C24H22NOP. The smallest absolute Gasteiger partial charge is 0.205 e. The lowest BCUT2D eigenvalue weighted by Crippen LogP contribution is -2.29. The Hall–Kier alpha value is -2.67. The Bertz CT molecular complexity index is 1050. The van der Waals surface area contributed by atoms with Gasteiger partial charge in [0, 0.05) is 16.7 Å². The van der Waals surface area contributed by atoms with Crippen LogP contribution >= 0.6 is 7.29 Å². The molecule has 1 N–H and O–H groups in total. The number of rotatable bonds is 5. The monoisotopic (exact) mass is 371 g/mol. The van der Waals surface area contributed by atoms with Crippen molar-refractivity contribution in [1.82, 2.24) is 5.09 Å². The zero-order valence-electron chi connectivity index (χ0n) is 15.2. The first-order chi connectivity index (χ1) is 13.2. The molecule has 2 nitrogen and oxygen atoms in total. The van der Waals surface area contributed by atoms with E-state index in [1.807, 2.05) is 72.8 Å². The molecule has 0 aliphatic carbocycles. The highest BCUT2D eigenvalue weighted by molar-refractivity contribution is 7.76. The van der Waals surface area contributed by atoms with Crippen molar-refractivity contribution in [2.45, 2.75) is 13.0 Å². The molecule has 1 atom stereocenters. The second-order valence-corrected chi connectivity index (χ2v) is 9.25. The summed E-state index contributed by atoms with van der Waals surface area (Å²) in [4.78, 5) is 0. The fourth-order valence-corrected chi connectivity index (χ4v) is 5.87. The van der Waals surface area contributed by atoms with Gasteiger partial charge in [-0.05, 0) is 53.6 Å². The summed E-state index contributed by atoms with van der Waals surface area (Å²) in [7, 11) is -2.96. The van der Waals surface area contributed by atoms with Crippen LogP contribution in [0.3, 0.4) is 0 Å². The first kappa shape index (κ1) is 17.7. The summed E-state index contributed by atoms with van der Waals surface area (Å²) in [6, 6.07) is 34.1. The van der Waals surface area contributed by atoms with Crippen LogP contribution in [-0.2, 0) is 4.57 Å². The van der Waals surface area contributed by atoms with Gasteiger partial charge in [0.05, 0.1) is 0 Å². The average Bonchev–Trinajstić information content (AvgIpc) is 2.74. The lowest BCUT2D eigenvalue weighted by Gasteiger charge is -2.25. The van der Waals surface area contributed by atoms with Gasteiger partial charge in [-0.15, -0.1) is 0 Å². The van der Waals surface area contributed by atoms with Crippen molar-refractivity contribution >= 4 is 28.7 Å². The quantitative estimate of drug-likeness (QED) is 0.475. The second-order valence-electron chi connectivity index (χ2n) is 6.74. The van der Waals surface area contributed by atoms with Crippen molar-refractivity contribution in [3.8, 4) is 0 Å². The van der Waals surface area contributed by atoms with E-state index < -0.39 is 7.29 Å². The molecule has 4 aromatic rings. The summed E-state index contributed by atoms with van der Waals surface area (Å²) in [6.07, 6.45) is 0. The van der Waals surface area contributed by atoms with Crippen molar-refractivity contribution in [2.75, 3.05) is 0 Å². The average molecular weight is 371 g/mol. The van der Waals surface area contributed by atoms with Gasteiger partial charge < -0.3 is 0 Å². The van der Waals surface area contributed by atoms with E-state index >= 15 is 0 Å². The molecule has 0 fully saturated rings. The number of fused-ring (bicyclic) bond motifs is 1. The molecule has 0 unspecified atom stereocenters. The van der Waals surface area contributed by atoms with Gasteiger partial charge in [0.2, 0.25) is 7.29 Å². The molecule has 0 aliphatic rings. The molecule has 134 valence electrons. The molecule has 0 saturated heterocycles. The maximum atomic E-state index is 14.2. The summed E-state index contributed by atoms with van der Waals surface area (Å²) < 4.78 is 14.2. The highest BCUT2D eigenvalue weighted by Crippen LogP contribution is 2.41. The Morgan fingerprint density at radius 1 is 0.667 bits per heavy atom. The molecule has 0 amide bonds. The Balaban J connectivity index is 1.74. The van der Waals surface area contributed by atoms with Gasteiger partial charge in [-0.1, -0.05) is 72.8 Å². The first-order valence-corrected chi connectivity index (χ1v) is 10.9. The van der Waals surface area contributed by atoms with E-state index in [0.717, 1.165) is 16.2 Å². The number of benzene rings is 4. The van der Waals surface area contributed by atoms with Gasteiger partial charge in [0.15, 0.2) is 0 Å². The largest absolute Gasteiger partial charge is 0.297 e. The zero-order chi connectivity index (χ0) is 18.7. The van der Waals surface area contributed by atoms with Crippen molar-refractivity contribution in [3.05, 3.63) is 109 Å². The van der Waals surface area contributed by atoms with E-state index in [2.05, 4.69) is 42.3 Å². The van der Waals surface area contributed by atoms with Gasteiger partial charge in [0.1, 0.15) is 0 Å². The molecule has 0 aliphatic heterocycles. The minimum Gasteiger partial charge on any atom is -0.297 e. The Labute approximate surface area is 160 Å². The maximum absolute atomic E-state index is 14.2. The lowest BCUT2D eigenvalue weighted by atomic mass is 10.0. The third kappa shape index (κ3) is 3.60. The van der Waals surface area contributed by atoms with Crippen LogP contribution in [0.5, 0.6) is 0 Å². The number of nitrogens with one attached hydrogen (secondary N) is 1. The second kappa shape index (κ2) is 7.52. The lowest BCUT2D eigenvalue weighted by molar-refractivity contribution is 0.568. The van der Waals surface area contributed by atoms with Crippen molar-refractivity contribution in [1.29, 1.82) is 0 Å². The predicted molar refractivity (Wildman–Crippen MR) is 115 cm³/mol. The van der Waals surface area contributed by atoms with Gasteiger partial charge in [-0.3, -0.25) is 9.65 Å². The van der Waals surface area contributed by atoms with Gasteiger partial charge in [-0.2, -0.15) is 0 Å². The molecular weight excluding hydrogens is 349 g/mol. The molecule has 0 radical (unpaired) electrons.